The van der Waals surface area contributed by atoms with E-state index in [1.165, 1.54) is 0 Å². The Hall–Kier alpha value is -1.26. The Morgan fingerprint density at radius 2 is 2.11 bits per heavy atom. The highest BCUT2D eigenvalue weighted by molar-refractivity contribution is 6.32. The van der Waals surface area contributed by atoms with Crippen molar-refractivity contribution in [2.45, 2.75) is 20.3 Å². The van der Waals surface area contributed by atoms with Crippen LogP contribution in [0.25, 0.3) is 0 Å². The van der Waals surface area contributed by atoms with Gasteiger partial charge in [0.1, 0.15) is 5.75 Å². The smallest absolute Gasteiger partial charge is 0.251 e. The molecule has 1 aromatic rings. The van der Waals surface area contributed by atoms with E-state index in [1.807, 2.05) is 13.8 Å². The number of amides is 1. The first-order valence-electron chi connectivity index (χ1n) is 6.47. The molecule has 0 aliphatic carbocycles. The third-order valence-corrected chi connectivity index (χ3v) is 2.74. The van der Waals surface area contributed by atoms with Gasteiger partial charge in [-0.25, -0.2) is 0 Å². The summed E-state index contributed by atoms with van der Waals surface area (Å²) >= 11 is 6.03. The van der Waals surface area contributed by atoms with E-state index >= 15 is 0 Å². The van der Waals surface area contributed by atoms with Crippen molar-refractivity contribution in [3.8, 4) is 5.75 Å². The molecular weight excluding hydrogens is 266 g/mol. The van der Waals surface area contributed by atoms with Gasteiger partial charge in [0.15, 0.2) is 0 Å². The van der Waals surface area contributed by atoms with Gasteiger partial charge >= 0.3 is 0 Å². The summed E-state index contributed by atoms with van der Waals surface area (Å²) in [6, 6.07) is 5.03. The van der Waals surface area contributed by atoms with Crippen molar-refractivity contribution in [3.63, 3.8) is 0 Å². The van der Waals surface area contributed by atoms with Crippen molar-refractivity contribution in [3.05, 3.63) is 28.8 Å². The van der Waals surface area contributed by atoms with Crippen LogP contribution in [0, 0.1) is 0 Å². The molecule has 4 nitrogen and oxygen atoms in total. The molecule has 1 amide bonds. The number of nitrogens with one attached hydrogen (secondary N) is 1. The van der Waals surface area contributed by atoms with Gasteiger partial charge in [-0.1, -0.05) is 11.6 Å². The lowest BCUT2D eigenvalue weighted by molar-refractivity contribution is 0.0944. The summed E-state index contributed by atoms with van der Waals surface area (Å²) in [6.45, 7) is 6.31. The Morgan fingerprint density at radius 1 is 1.32 bits per heavy atom. The van der Waals surface area contributed by atoms with E-state index in [-0.39, 0.29) is 5.91 Å². The third kappa shape index (κ3) is 5.49. The minimum absolute atomic E-state index is 0.138. The molecular formula is C14H20ClNO3. The molecule has 0 aromatic heterocycles. The Bertz CT molecular complexity index is 410. The summed E-state index contributed by atoms with van der Waals surface area (Å²) in [5.74, 6) is 0.457. The maximum Gasteiger partial charge on any atom is 0.251 e. The van der Waals surface area contributed by atoms with Crippen molar-refractivity contribution < 1.29 is 14.3 Å². The molecule has 1 rings (SSSR count). The molecule has 5 heteroatoms. The minimum Gasteiger partial charge on any atom is -0.492 e. The van der Waals surface area contributed by atoms with Crippen molar-refractivity contribution in [2.24, 2.45) is 0 Å². The molecule has 0 atom stereocenters. The number of rotatable bonds is 8. The zero-order chi connectivity index (χ0) is 14.1. The predicted molar refractivity (Wildman–Crippen MR) is 76.1 cm³/mol. The standard InChI is InChI=1S/C14H20ClNO3/c1-3-18-9-5-8-16-14(17)11-6-7-13(19-4-2)12(15)10-11/h6-7,10H,3-5,8-9H2,1-2H3,(H,16,17). The molecule has 106 valence electrons. The average Bonchev–Trinajstić information content (AvgIpc) is 2.41. The van der Waals surface area contributed by atoms with Crippen LogP contribution in [0.1, 0.15) is 30.6 Å². The Morgan fingerprint density at radius 3 is 2.74 bits per heavy atom. The van der Waals surface area contributed by atoms with Gasteiger partial charge < -0.3 is 14.8 Å². The quantitative estimate of drug-likeness (QED) is 0.747. The molecule has 0 saturated carbocycles. The molecule has 0 bridgehead atoms. The lowest BCUT2D eigenvalue weighted by Gasteiger charge is -2.08. The first-order chi connectivity index (χ1) is 9.19. The number of hydrogen-bond acceptors (Lipinski definition) is 3. The van der Waals surface area contributed by atoms with Gasteiger partial charge in [-0.05, 0) is 38.5 Å². The first kappa shape index (κ1) is 15.8. The van der Waals surface area contributed by atoms with Crippen molar-refractivity contribution in [1.29, 1.82) is 0 Å². The van der Waals surface area contributed by atoms with E-state index < -0.39 is 0 Å². The molecule has 0 aliphatic heterocycles. The van der Waals surface area contributed by atoms with Crippen molar-refractivity contribution in [2.75, 3.05) is 26.4 Å². The minimum atomic E-state index is -0.138. The van der Waals surface area contributed by atoms with Crippen LogP contribution in [0.4, 0.5) is 0 Å². The topological polar surface area (TPSA) is 47.6 Å². The second kappa shape index (κ2) is 8.77. The number of carbonyl (C=O) groups excluding carboxylic acids is 1. The highest BCUT2D eigenvalue weighted by atomic mass is 35.5. The summed E-state index contributed by atoms with van der Waals surface area (Å²) < 4.78 is 10.5. The monoisotopic (exact) mass is 285 g/mol. The summed E-state index contributed by atoms with van der Waals surface area (Å²) in [5, 5.41) is 3.27. The molecule has 0 spiro atoms. The number of benzene rings is 1. The van der Waals surface area contributed by atoms with Crippen LogP contribution in [0.2, 0.25) is 5.02 Å². The van der Waals surface area contributed by atoms with E-state index in [0.29, 0.717) is 42.7 Å². The molecule has 0 fully saturated rings. The van der Waals surface area contributed by atoms with Gasteiger partial charge in [-0.2, -0.15) is 0 Å². The summed E-state index contributed by atoms with van der Waals surface area (Å²) in [5.41, 5.74) is 0.532. The Balaban J connectivity index is 2.46. The van der Waals surface area contributed by atoms with Crippen LogP contribution >= 0.6 is 11.6 Å². The van der Waals surface area contributed by atoms with Crippen LogP contribution in [-0.2, 0) is 4.74 Å². The van der Waals surface area contributed by atoms with Crippen LogP contribution in [0.5, 0.6) is 5.75 Å². The van der Waals surface area contributed by atoms with Gasteiger partial charge in [0.2, 0.25) is 0 Å². The lowest BCUT2D eigenvalue weighted by Crippen LogP contribution is -2.25. The summed E-state index contributed by atoms with van der Waals surface area (Å²) in [6.07, 6.45) is 0.796. The second-order valence-electron chi connectivity index (χ2n) is 3.88. The van der Waals surface area contributed by atoms with Gasteiger partial charge in [-0.3, -0.25) is 4.79 Å². The number of carbonyl (C=O) groups is 1. The largest absolute Gasteiger partial charge is 0.492 e. The molecule has 0 heterocycles. The highest BCUT2D eigenvalue weighted by Gasteiger charge is 2.08. The summed E-state index contributed by atoms with van der Waals surface area (Å²) in [4.78, 5) is 11.8. The molecule has 1 aromatic carbocycles. The fourth-order valence-electron chi connectivity index (χ4n) is 1.54. The molecule has 1 N–H and O–H groups in total. The van der Waals surface area contributed by atoms with Crippen LogP contribution in [-0.4, -0.2) is 32.3 Å². The van der Waals surface area contributed by atoms with Crippen molar-refractivity contribution in [1.82, 2.24) is 5.32 Å². The van der Waals surface area contributed by atoms with E-state index in [1.54, 1.807) is 18.2 Å². The third-order valence-electron chi connectivity index (χ3n) is 2.45. The number of halogens is 1. The Labute approximate surface area is 119 Å². The SMILES string of the molecule is CCOCCCNC(=O)c1ccc(OCC)c(Cl)c1. The normalized spacial score (nSPS) is 10.3. The predicted octanol–water partition coefficient (Wildman–Crippen LogP) is 2.90. The number of hydrogen-bond donors (Lipinski definition) is 1. The van der Waals surface area contributed by atoms with Crippen molar-refractivity contribution >= 4 is 17.5 Å². The average molecular weight is 286 g/mol. The lowest BCUT2D eigenvalue weighted by atomic mass is 10.2. The fourth-order valence-corrected chi connectivity index (χ4v) is 1.77. The van der Waals surface area contributed by atoms with Crippen LogP contribution in [0.15, 0.2) is 18.2 Å². The van der Waals surface area contributed by atoms with Crippen LogP contribution in [0.3, 0.4) is 0 Å². The first-order valence-corrected chi connectivity index (χ1v) is 6.85. The number of ether oxygens (including phenoxy) is 2. The molecule has 19 heavy (non-hydrogen) atoms. The summed E-state index contributed by atoms with van der Waals surface area (Å²) in [7, 11) is 0. The van der Waals surface area contributed by atoms with Gasteiger partial charge in [0.25, 0.3) is 5.91 Å². The highest BCUT2D eigenvalue weighted by Crippen LogP contribution is 2.25. The van der Waals surface area contributed by atoms with E-state index in [9.17, 15) is 4.79 Å². The molecule has 0 aliphatic rings. The van der Waals surface area contributed by atoms with Gasteiger partial charge in [0, 0.05) is 25.3 Å². The maximum absolute atomic E-state index is 11.8. The van der Waals surface area contributed by atoms with E-state index in [4.69, 9.17) is 21.1 Å². The Kier molecular flexibility index (Phi) is 7.30. The molecule has 0 saturated heterocycles. The van der Waals surface area contributed by atoms with Gasteiger partial charge in [0.05, 0.1) is 11.6 Å². The van der Waals surface area contributed by atoms with E-state index in [2.05, 4.69) is 5.32 Å². The fraction of sp³-hybridized carbons (Fsp3) is 0.500. The van der Waals surface area contributed by atoms with E-state index in [0.717, 1.165) is 6.42 Å². The van der Waals surface area contributed by atoms with Crippen LogP contribution < -0.4 is 10.1 Å². The van der Waals surface area contributed by atoms with Gasteiger partial charge in [-0.15, -0.1) is 0 Å². The zero-order valence-electron chi connectivity index (χ0n) is 11.4. The molecule has 0 unspecified atom stereocenters. The second-order valence-corrected chi connectivity index (χ2v) is 4.29. The molecule has 0 radical (unpaired) electrons. The zero-order valence-corrected chi connectivity index (χ0v) is 12.1. The maximum atomic E-state index is 11.8.